The molecule has 6 heterocycles. The lowest BCUT2D eigenvalue weighted by atomic mass is 9.82. The number of ether oxygens (including phenoxy) is 1. The van der Waals surface area contributed by atoms with Crippen LogP contribution >= 0.6 is 45.9 Å². The van der Waals surface area contributed by atoms with Crippen LogP contribution in [-0.4, -0.2) is 70.2 Å². The summed E-state index contributed by atoms with van der Waals surface area (Å²) in [6.07, 6.45) is 8.65. The molecule has 8 aromatic rings. The van der Waals surface area contributed by atoms with Crippen LogP contribution in [0.3, 0.4) is 0 Å². The number of nitrogens with one attached hydrogen (secondary N) is 2. The maximum Gasteiger partial charge on any atom is 0.306 e. The number of benzene rings is 2. The summed E-state index contributed by atoms with van der Waals surface area (Å²) in [5, 5.41) is 18.0. The highest BCUT2D eigenvalue weighted by Crippen LogP contribution is 2.52. The van der Waals surface area contributed by atoms with E-state index in [0.29, 0.717) is 62.3 Å². The molecule has 0 saturated heterocycles. The number of halogens is 2. The lowest BCUT2D eigenvalue weighted by molar-refractivity contribution is -0.141. The Kier molecular flexibility index (Phi) is 12.1. The maximum atomic E-state index is 13.2. The molecule has 2 aliphatic carbocycles. The predicted molar refractivity (Wildman–Crippen MR) is 257 cm³/mol. The van der Waals surface area contributed by atoms with Crippen LogP contribution in [0.2, 0.25) is 10.0 Å². The largest absolute Gasteiger partial charge is 0.469 e. The minimum atomic E-state index is -0.474. The molecule has 2 N–H and O–H groups in total. The third kappa shape index (κ3) is 8.43. The Morgan fingerprint density at radius 3 is 2.01 bits per heavy atom. The SMILES string of the molecule is COC(=O)CCC(=O)Nc1nc2c(s1)-c1c(c(-c3cccnc3)nn1-c1cccc(C3Cc4c(-c5cccnc5)nn(-c5ccccc5Cl)c4-c4sc(NC(=O)CCC(C)=O)nc43)c1Cl)CC2. The molecule has 1 unspecified atom stereocenters. The first kappa shape index (κ1) is 43.9. The van der Waals surface area contributed by atoms with Crippen LogP contribution < -0.4 is 10.6 Å². The monoisotopic (exact) mass is 968 g/mol. The van der Waals surface area contributed by atoms with Crippen LogP contribution in [0.4, 0.5) is 10.3 Å². The van der Waals surface area contributed by atoms with Crippen molar-refractivity contribution in [1.29, 1.82) is 0 Å². The molecule has 0 fully saturated rings. The molecular formula is C48H38Cl2N10O5S2. The summed E-state index contributed by atoms with van der Waals surface area (Å²) >= 11 is 17.3. The van der Waals surface area contributed by atoms with Gasteiger partial charge in [0.15, 0.2) is 10.3 Å². The number of thiazole rings is 2. The molecule has 0 spiro atoms. The number of ketones is 1. The van der Waals surface area contributed by atoms with E-state index in [1.54, 1.807) is 24.8 Å². The topological polar surface area (TPSA) is 189 Å². The highest BCUT2D eigenvalue weighted by Gasteiger charge is 2.38. The van der Waals surface area contributed by atoms with E-state index in [9.17, 15) is 19.2 Å². The number of aryl methyl sites for hydroxylation is 1. The van der Waals surface area contributed by atoms with Crippen molar-refractivity contribution in [2.45, 2.75) is 57.8 Å². The molecule has 0 radical (unpaired) electrons. The van der Waals surface area contributed by atoms with Crippen molar-refractivity contribution in [1.82, 2.24) is 39.5 Å². The fourth-order valence-corrected chi connectivity index (χ4v) is 11.3. The van der Waals surface area contributed by atoms with Gasteiger partial charge < -0.3 is 20.2 Å². The highest BCUT2D eigenvalue weighted by atomic mass is 35.5. The van der Waals surface area contributed by atoms with Crippen LogP contribution in [0.25, 0.3) is 55.0 Å². The molecule has 2 aromatic carbocycles. The number of rotatable bonds is 13. The molecule has 0 bridgehead atoms. The van der Waals surface area contributed by atoms with Crippen molar-refractivity contribution < 1.29 is 23.9 Å². The number of esters is 1. The summed E-state index contributed by atoms with van der Waals surface area (Å²) < 4.78 is 8.41. The van der Waals surface area contributed by atoms with Gasteiger partial charge in [0, 0.05) is 72.2 Å². The number of carbonyl (C=O) groups excluding carboxylic acids is 4. The number of hydrogen-bond acceptors (Lipinski definition) is 13. The number of para-hydroxylation sites is 1. The lowest BCUT2D eigenvalue weighted by Crippen LogP contribution is -2.16. The second-order valence-corrected chi connectivity index (χ2v) is 18.7. The van der Waals surface area contributed by atoms with Crippen molar-refractivity contribution in [2.75, 3.05) is 17.7 Å². The molecule has 67 heavy (non-hydrogen) atoms. The molecule has 0 aliphatic heterocycles. The lowest BCUT2D eigenvalue weighted by Gasteiger charge is -2.25. The Balaban J connectivity index is 1.12. The van der Waals surface area contributed by atoms with E-state index in [-0.39, 0.29) is 43.3 Å². The molecule has 336 valence electrons. The van der Waals surface area contributed by atoms with Crippen LogP contribution in [0.1, 0.15) is 66.6 Å². The first-order chi connectivity index (χ1) is 32.6. The molecule has 19 heteroatoms. The Hall–Kier alpha value is -6.92. The number of amides is 2. The number of carbonyl (C=O) groups is 4. The maximum absolute atomic E-state index is 13.2. The average molecular weight is 970 g/mol. The van der Waals surface area contributed by atoms with Gasteiger partial charge in [-0.2, -0.15) is 10.2 Å². The van der Waals surface area contributed by atoms with Crippen LogP contribution in [0, 0.1) is 0 Å². The number of pyridine rings is 2. The van der Waals surface area contributed by atoms with E-state index in [0.717, 1.165) is 60.3 Å². The molecule has 15 nitrogen and oxygen atoms in total. The number of nitrogens with zero attached hydrogens (tertiary/aromatic N) is 8. The van der Waals surface area contributed by atoms with Gasteiger partial charge in [0.25, 0.3) is 0 Å². The molecule has 6 aromatic heterocycles. The summed E-state index contributed by atoms with van der Waals surface area (Å²) in [6, 6.07) is 21.0. The van der Waals surface area contributed by atoms with Crippen molar-refractivity contribution in [3.63, 3.8) is 0 Å². The van der Waals surface area contributed by atoms with Gasteiger partial charge in [-0.25, -0.2) is 19.3 Å². The van der Waals surface area contributed by atoms with E-state index >= 15 is 0 Å². The minimum Gasteiger partial charge on any atom is -0.469 e. The summed E-state index contributed by atoms with van der Waals surface area (Å²) in [5.41, 5.74) is 10.1. The van der Waals surface area contributed by atoms with Gasteiger partial charge in [0.1, 0.15) is 5.78 Å². The number of hydrogen-bond donors (Lipinski definition) is 2. The van der Waals surface area contributed by atoms with E-state index in [1.807, 2.05) is 76.1 Å². The normalized spacial score (nSPS) is 13.5. The Labute approximate surface area is 401 Å². The first-order valence-electron chi connectivity index (χ1n) is 21.3. The smallest absolute Gasteiger partial charge is 0.306 e. The number of Topliss-reactive ketones (excluding diaryl/α,β-unsaturated/α-hetero) is 1. The zero-order valence-electron chi connectivity index (χ0n) is 35.9. The van der Waals surface area contributed by atoms with Gasteiger partial charge in [-0.1, -0.05) is 70.1 Å². The van der Waals surface area contributed by atoms with Gasteiger partial charge >= 0.3 is 5.97 Å². The summed E-state index contributed by atoms with van der Waals surface area (Å²) in [7, 11) is 1.29. The third-order valence-electron chi connectivity index (χ3n) is 11.6. The average Bonchev–Trinajstić information content (AvgIpc) is 4.13. The molecular weight excluding hydrogens is 932 g/mol. The van der Waals surface area contributed by atoms with Gasteiger partial charge in [-0.3, -0.25) is 24.4 Å². The molecule has 0 saturated carbocycles. The van der Waals surface area contributed by atoms with Crippen molar-refractivity contribution in [3.8, 4) is 55.0 Å². The highest BCUT2D eigenvalue weighted by molar-refractivity contribution is 7.19. The summed E-state index contributed by atoms with van der Waals surface area (Å²) in [4.78, 5) is 70.1. The number of methoxy groups -OCH3 is 1. The molecule has 10 rings (SSSR count). The zero-order chi connectivity index (χ0) is 46.3. The Bertz CT molecular complexity index is 3260. The van der Waals surface area contributed by atoms with Crippen molar-refractivity contribution in [2.24, 2.45) is 0 Å². The number of fused-ring (bicyclic) bond motifs is 6. The van der Waals surface area contributed by atoms with E-state index in [1.165, 1.54) is 36.7 Å². The second kappa shape index (κ2) is 18.4. The third-order valence-corrected chi connectivity index (χ3v) is 14.4. The number of aromatic nitrogens is 8. The minimum absolute atomic E-state index is 0.0187. The van der Waals surface area contributed by atoms with Gasteiger partial charge in [0.2, 0.25) is 11.8 Å². The van der Waals surface area contributed by atoms with E-state index < -0.39 is 11.9 Å². The fraction of sp³-hybridized carbons (Fsp3) is 0.208. The molecule has 2 amide bonds. The van der Waals surface area contributed by atoms with Crippen LogP contribution in [-0.2, 0) is 43.2 Å². The van der Waals surface area contributed by atoms with Gasteiger partial charge in [-0.05, 0) is 74.2 Å². The van der Waals surface area contributed by atoms with Gasteiger partial charge in [0.05, 0.1) is 78.9 Å². The number of anilines is 2. The summed E-state index contributed by atoms with van der Waals surface area (Å²) in [6.45, 7) is 1.46. The first-order valence-corrected chi connectivity index (χ1v) is 23.7. The Morgan fingerprint density at radius 1 is 0.716 bits per heavy atom. The Morgan fingerprint density at radius 2 is 1.34 bits per heavy atom. The van der Waals surface area contributed by atoms with Crippen LogP contribution in [0.5, 0.6) is 0 Å². The van der Waals surface area contributed by atoms with E-state index in [2.05, 4.69) is 20.6 Å². The van der Waals surface area contributed by atoms with Gasteiger partial charge in [-0.15, -0.1) is 0 Å². The van der Waals surface area contributed by atoms with Crippen molar-refractivity contribution >= 4 is 79.7 Å². The summed E-state index contributed by atoms with van der Waals surface area (Å²) in [5.74, 6) is -1.68. The fourth-order valence-electron chi connectivity index (χ4n) is 8.53. The second-order valence-electron chi connectivity index (χ2n) is 15.9. The molecule has 2 aliphatic rings. The zero-order valence-corrected chi connectivity index (χ0v) is 39.0. The van der Waals surface area contributed by atoms with Crippen molar-refractivity contribution in [3.05, 3.63) is 130 Å². The predicted octanol–water partition coefficient (Wildman–Crippen LogP) is 9.72. The standard InChI is InChI=1S/C48H38Cl2N10O5S2/c1-25(61)14-17-36(62)55-48-56-42-30(22-31-41(27-9-7-21-52-24-27)58-59(44(31)46(42)67-48)34-12-4-3-11-32(34)49)28-10-5-13-35(39(28)50)60-43-29(40(57-60)26-8-6-20-51-23-26)15-16-33-45(43)66-47(53-33)54-37(63)18-19-38(64)65-2/h3-13,20-21,23-24,30H,14-19,22H2,1-2H3,(H,53,54,63)(H,55,56,62). The quantitative estimate of drug-likeness (QED) is 0.105. The van der Waals surface area contributed by atoms with Crippen LogP contribution in [0.15, 0.2) is 91.5 Å². The van der Waals surface area contributed by atoms with E-state index in [4.69, 9.17) is 48.1 Å². The molecule has 1 atom stereocenters.